The van der Waals surface area contributed by atoms with Crippen LogP contribution in [0.4, 0.5) is 18.0 Å². The SMILES string of the molecule is O=C(N[C@H]1Cc2ccc(Cc3cc(CO)cc(C(F)(F)F)c3)cc2C1)OCc1ccccc1. The predicted molar refractivity (Wildman–Crippen MR) is 118 cm³/mol. The molecule has 1 amide bonds. The fourth-order valence-corrected chi connectivity index (χ4v) is 4.17. The summed E-state index contributed by atoms with van der Waals surface area (Å²) in [4.78, 5) is 12.2. The molecule has 4 nitrogen and oxygen atoms in total. The number of benzene rings is 3. The number of hydrogen-bond acceptors (Lipinski definition) is 3. The molecule has 0 spiro atoms. The fourth-order valence-electron chi connectivity index (χ4n) is 4.17. The summed E-state index contributed by atoms with van der Waals surface area (Å²) in [6.07, 6.45) is -3.31. The summed E-state index contributed by atoms with van der Waals surface area (Å²) in [6.45, 7) is -0.252. The van der Waals surface area contributed by atoms with Gasteiger partial charge in [0.15, 0.2) is 0 Å². The van der Waals surface area contributed by atoms with E-state index in [9.17, 15) is 23.1 Å². The first kappa shape index (κ1) is 22.9. The molecular weight excluding hydrogens is 431 g/mol. The Balaban J connectivity index is 1.38. The lowest BCUT2D eigenvalue weighted by Crippen LogP contribution is -2.35. The Hall–Kier alpha value is -3.32. The van der Waals surface area contributed by atoms with Crippen LogP contribution in [-0.4, -0.2) is 17.2 Å². The fraction of sp³-hybridized carbons (Fsp3) is 0.269. The largest absolute Gasteiger partial charge is 0.445 e. The Morgan fingerprint density at radius 2 is 1.64 bits per heavy atom. The number of carbonyl (C=O) groups excluding carboxylic acids is 1. The van der Waals surface area contributed by atoms with Crippen LogP contribution in [0.5, 0.6) is 0 Å². The van der Waals surface area contributed by atoms with Crippen molar-refractivity contribution in [2.45, 2.75) is 44.7 Å². The molecule has 0 heterocycles. The van der Waals surface area contributed by atoms with Crippen molar-refractivity contribution in [1.29, 1.82) is 0 Å². The lowest BCUT2D eigenvalue weighted by Gasteiger charge is -2.12. The van der Waals surface area contributed by atoms with E-state index < -0.39 is 24.4 Å². The standard InChI is InChI=1S/C26H24F3NO3/c27-26(28,29)23-11-19(9-20(12-23)15-31)8-18-6-7-21-13-24(14-22(21)10-18)30-25(32)33-16-17-4-2-1-3-5-17/h1-7,9-12,24,31H,8,13-16H2,(H,30,32)/t24-/m0/s1. The molecule has 0 aromatic heterocycles. The van der Waals surface area contributed by atoms with E-state index >= 15 is 0 Å². The van der Waals surface area contributed by atoms with Crippen molar-refractivity contribution in [3.63, 3.8) is 0 Å². The lowest BCUT2D eigenvalue weighted by atomic mass is 9.97. The average molecular weight is 455 g/mol. The number of alkyl halides is 3. The number of rotatable bonds is 6. The molecule has 0 saturated heterocycles. The first-order valence-electron chi connectivity index (χ1n) is 10.7. The number of aliphatic hydroxyl groups is 1. The molecule has 1 atom stereocenters. The second-order valence-electron chi connectivity index (χ2n) is 8.29. The molecule has 3 aromatic rings. The van der Waals surface area contributed by atoms with E-state index in [4.69, 9.17) is 4.74 Å². The van der Waals surface area contributed by atoms with E-state index in [2.05, 4.69) is 5.32 Å². The summed E-state index contributed by atoms with van der Waals surface area (Å²) in [7, 11) is 0. The maximum Gasteiger partial charge on any atom is 0.416 e. The zero-order valence-corrected chi connectivity index (χ0v) is 17.9. The number of ether oxygens (including phenoxy) is 1. The molecule has 0 unspecified atom stereocenters. The van der Waals surface area contributed by atoms with Crippen LogP contribution in [0.2, 0.25) is 0 Å². The van der Waals surface area contributed by atoms with Gasteiger partial charge in [-0.25, -0.2) is 4.79 Å². The Labute approximate surface area is 190 Å². The summed E-state index contributed by atoms with van der Waals surface area (Å²) in [5, 5.41) is 12.2. The monoisotopic (exact) mass is 455 g/mol. The van der Waals surface area contributed by atoms with E-state index in [1.165, 1.54) is 0 Å². The van der Waals surface area contributed by atoms with E-state index in [0.29, 0.717) is 24.8 Å². The second kappa shape index (κ2) is 9.67. The molecule has 0 aliphatic heterocycles. The Morgan fingerprint density at radius 1 is 0.909 bits per heavy atom. The zero-order chi connectivity index (χ0) is 23.4. The van der Waals surface area contributed by atoms with E-state index in [1.54, 1.807) is 6.07 Å². The van der Waals surface area contributed by atoms with Crippen LogP contribution in [0, 0.1) is 0 Å². The third-order valence-electron chi connectivity index (χ3n) is 5.71. The van der Waals surface area contributed by atoms with Gasteiger partial charge < -0.3 is 15.2 Å². The highest BCUT2D eigenvalue weighted by Crippen LogP contribution is 2.32. The van der Waals surface area contributed by atoms with Gasteiger partial charge >= 0.3 is 12.3 Å². The average Bonchev–Trinajstić information content (AvgIpc) is 3.19. The molecule has 1 aliphatic carbocycles. The highest BCUT2D eigenvalue weighted by Gasteiger charge is 2.31. The summed E-state index contributed by atoms with van der Waals surface area (Å²) in [5.74, 6) is 0. The number of carbonyl (C=O) groups is 1. The van der Waals surface area contributed by atoms with Crippen LogP contribution in [0.1, 0.15) is 38.9 Å². The van der Waals surface area contributed by atoms with E-state index in [-0.39, 0.29) is 18.2 Å². The minimum atomic E-state index is -4.47. The number of nitrogens with one attached hydrogen (secondary N) is 1. The van der Waals surface area contributed by atoms with Crippen molar-refractivity contribution in [3.8, 4) is 0 Å². The van der Waals surface area contributed by atoms with E-state index in [1.807, 2.05) is 48.5 Å². The quantitative estimate of drug-likeness (QED) is 0.538. The molecule has 2 N–H and O–H groups in total. The number of amides is 1. The number of halogens is 3. The smallest absolute Gasteiger partial charge is 0.416 e. The molecule has 172 valence electrons. The van der Waals surface area contributed by atoms with E-state index in [0.717, 1.165) is 34.4 Å². The van der Waals surface area contributed by atoms with Gasteiger partial charge in [-0.1, -0.05) is 54.6 Å². The van der Waals surface area contributed by atoms with Crippen molar-refractivity contribution in [2.24, 2.45) is 0 Å². The maximum absolute atomic E-state index is 13.2. The lowest BCUT2D eigenvalue weighted by molar-refractivity contribution is -0.137. The minimum absolute atomic E-state index is 0.0897. The van der Waals surface area contributed by atoms with Gasteiger partial charge in [0.1, 0.15) is 6.61 Å². The Bertz CT molecular complexity index is 1130. The minimum Gasteiger partial charge on any atom is -0.445 e. The molecule has 0 fully saturated rings. The van der Waals surface area contributed by atoms with Gasteiger partial charge in [0.05, 0.1) is 12.2 Å². The first-order chi connectivity index (χ1) is 15.8. The van der Waals surface area contributed by atoms with Gasteiger partial charge in [-0.2, -0.15) is 13.2 Å². The van der Waals surface area contributed by atoms with Crippen LogP contribution < -0.4 is 5.32 Å². The molecule has 3 aromatic carbocycles. The van der Waals surface area contributed by atoms with Gasteiger partial charge in [-0.05, 0) is 64.8 Å². The predicted octanol–water partition coefficient (Wildman–Crippen LogP) is 5.18. The summed E-state index contributed by atoms with van der Waals surface area (Å²) in [6, 6.07) is 18.9. The number of fused-ring (bicyclic) bond motifs is 1. The van der Waals surface area contributed by atoms with Crippen LogP contribution in [0.25, 0.3) is 0 Å². The maximum atomic E-state index is 13.2. The van der Waals surface area contributed by atoms with Gasteiger partial charge in [0.25, 0.3) is 0 Å². The topological polar surface area (TPSA) is 58.6 Å². The summed E-state index contributed by atoms with van der Waals surface area (Å²) >= 11 is 0. The zero-order valence-electron chi connectivity index (χ0n) is 17.9. The van der Waals surface area contributed by atoms with Crippen molar-refractivity contribution >= 4 is 6.09 Å². The Morgan fingerprint density at radius 3 is 2.36 bits per heavy atom. The van der Waals surface area contributed by atoms with Gasteiger partial charge in [-0.15, -0.1) is 0 Å². The van der Waals surface area contributed by atoms with Crippen molar-refractivity contribution < 1.29 is 27.8 Å². The second-order valence-corrected chi connectivity index (χ2v) is 8.29. The molecule has 1 aliphatic rings. The summed E-state index contributed by atoms with van der Waals surface area (Å²) < 4.78 is 44.8. The van der Waals surface area contributed by atoms with Crippen LogP contribution in [0.15, 0.2) is 66.7 Å². The normalized spacial score (nSPS) is 15.2. The van der Waals surface area contributed by atoms with Gasteiger partial charge in [0.2, 0.25) is 0 Å². The van der Waals surface area contributed by atoms with Gasteiger partial charge in [0, 0.05) is 6.04 Å². The number of aliphatic hydroxyl groups excluding tert-OH is 1. The highest BCUT2D eigenvalue weighted by atomic mass is 19.4. The van der Waals surface area contributed by atoms with Crippen molar-refractivity contribution in [2.75, 3.05) is 0 Å². The van der Waals surface area contributed by atoms with Crippen LogP contribution >= 0.6 is 0 Å². The molecule has 0 bridgehead atoms. The number of hydrogen-bond donors (Lipinski definition) is 2. The van der Waals surface area contributed by atoms with Crippen LogP contribution in [-0.2, 0) is 43.4 Å². The molecular formula is C26H24F3NO3. The highest BCUT2D eigenvalue weighted by molar-refractivity contribution is 5.68. The number of alkyl carbamates (subject to hydrolysis) is 1. The first-order valence-corrected chi connectivity index (χ1v) is 10.7. The Kier molecular flexibility index (Phi) is 6.70. The van der Waals surface area contributed by atoms with Crippen molar-refractivity contribution in [3.05, 3.63) is 106 Å². The molecule has 4 rings (SSSR count). The molecule has 0 radical (unpaired) electrons. The summed E-state index contributed by atoms with van der Waals surface area (Å²) in [5.41, 5.74) is 3.92. The van der Waals surface area contributed by atoms with Gasteiger partial charge in [-0.3, -0.25) is 0 Å². The third-order valence-corrected chi connectivity index (χ3v) is 5.71. The molecule has 0 saturated carbocycles. The van der Waals surface area contributed by atoms with Crippen LogP contribution in [0.3, 0.4) is 0 Å². The van der Waals surface area contributed by atoms with Crippen molar-refractivity contribution in [1.82, 2.24) is 5.32 Å². The molecule has 7 heteroatoms. The third kappa shape index (κ3) is 5.93. The molecule has 33 heavy (non-hydrogen) atoms.